The quantitative estimate of drug-likeness (QED) is 0.437. The molecule has 2 aromatic rings. The highest BCUT2D eigenvalue weighted by molar-refractivity contribution is 8.93. The van der Waals surface area contributed by atoms with Gasteiger partial charge in [-0.25, -0.2) is 0 Å². The van der Waals surface area contributed by atoms with Crippen LogP contribution in [-0.2, 0) is 4.79 Å². The molecule has 7 nitrogen and oxygen atoms in total. The topological polar surface area (TPSA) is 60.5 Å². The van der Waals surface area contributed by atoms with E-state index in [4.69, 9.17) is 18.9 Å². The van der Waals surface area contributed by atoms with Crippen LogP contribution in [0, 0.1) is 0 Å². The van der Waals surface area contributed by atoms with Gasteiger partial charge in [0.2, 0.25) is 5.75 Å². The number of ketones is 1. The van der Waals surface area contributed by atoms with E-state index in [9.17, 15) is 4.79 Å². The number of nitrogens with zero attached hydrogens (tertiary/aromatic N) is 2. The van der Waals surface area contributed by atoms with E-state index in [1.165, 1.54) is 0 Å². The molecule has 0 unspecified atom stereocenters. The summed E-state index contributed by atoms with van der Waals surface area (Å²) in [6.45, 7) is 4.41. The Morgan fingerprint density at radius 1 is 0.879 bits per heavy atom. The molecule has 0 radical (unpaired) electrons. The van der Waals surface area contributed by atoms with Crippen molar-refractivity contribution in [3.63, 3.8) is 0 Å². The molecule has 1 saturated heterocycles. The lowest BCUT2D eigenvalue weighted by molar-refractivity contribution is -0.114. The highest BCUT2D eigenvalue weighted by Crippen LogP contribution is 2.38. The summed E-state index contributed by atoms with van der Waals surface area (Å²) in [5.41, 5.74) is 1.94. The van der Waals surface area contributed by atoms with Gasteiger partial charge in [-0.15, -0.1) is 17.0 Å². The normalized spacial score (nSPS) is 14.0. The molecule has 0 N–H and O–H groups in total. The van der Waals surface area contributed by atoms with Gasteiger partial charge in [0.1, 0.15) is 5.75 Å². The van der Waals surface area contributed by atoms with Crippen molar-refractivity contribution in [2.24, 2.45) is 0 Å². The molecule has 0 saturated carbocycles. The number of methoxy groups -OCH3 is 4. The number of hydrogen-bond acceptors (Lipinski definition) is 7. The molecular formula is C25H33BrN2O5. The monoisotopic (exact) mass is 520 g/mol. The second-order valence-electron chi connectivity index (χ2n) is 7.51. The number of halogens is 1. The van der Waals surface area contributed by atoms with Crippen molar-refractivity contribution < 1.29 is 23.7 Å². The number of allylic oxidation sites excluding steroid dienone is 1. The first kappa shape index (κ1) is 26.5. The number of carbonyl (C=O) groups excluding carboxylic acids is 1. The van der Waals surface area contributed by atoms with E-state index in [0.717, 1.165) is 49.7 Å². The number of rotatable bonds is 10. The average molecular weight is 521 g/mol. The van der Waals surface area contributed by atoms with Gasteiger partial charge in [-0.2, -0.15) is 0 Å². The molecule has 0 aliphatic carbocycles. The summed E-state index contributed by atoms with van der Waals surface area (Å²) in [6, 6.07) is 11.7. The molecule has 33 heavy (non-hydrogen) atoms. The summed E-state index contributed by atoms with van der Waals surface area (Å²) in [5.74, 6) is 2.64. The van der Waals surface area contributed by atoms with Gasteiger partial charge in [0.05, 0.1) is 34.1 Å². The fourth-order valence-electron chi connectivity index (χ4n) is 3.84. The zero-order chi connectivity index (χ0) is 22.9. The number of benzene rings is 2. The maximum absolute atomic E-state index is 12.4. The number of para-hydroxylation sites is 2. The minimum absolute atomic E-state index is 0. The minimum atomic E-state index is 0. The summed E-state index contributed by atoms with van der Waals surface area (Å²) in [6.07, 6.45) is 3.88. The average Bonchev–Trinajstić information content (AvgIpc) is 2.85. The lowest BCUT2D eigenvalue weighted by Crippen LogP contribution is -2.47. The number of anilines is 1. The van der Waals surface area contributed by atoms with Crippen LogP contribution in [0.2, 0.25) is 0 Å². The Labute approximate surface area is 206 Å². The molecule has 1 heterocycles. The lowest BCUT2D eigenvalue weighted by atomic mass is 10.1. The van der Waals surface area contributed by atoms with Crippen molar-refractivity contribution in [1.29, 1.82) is 0 Å². The van der Waals surface area contributed by atoms with Gasteiger partial charge >= 0.3 is 0 Å². The van der Waals surface area contributed by atoms with Crippen LogP contribution in [0.5, 0.6) is 23.0 Å². The first-order valence-corrected chi connectivity index (χ1v) is 10.7. The van der Waals surface area contributed by atoms with E-state index >= 15 is 0 Å². The van der Waals surface area contributed by atoms with Gasteiger partial charge < -0.3 is 23.8 Å². The fraction of sp³-hybridized carbons (Fsp3) is 0.400. The third-order valence-corrected chi connectivity index (χ3v) is 5.62. The molecule has 180 valence electrons. The highest BCUT2D eigenvalue weighted by atomic mass is 79.9. The van der Waals surface area contributed by atoms with Crippen molar-refractivity contribution in [3.05, 3.63) is 48.0 Å². The molecule has 0 bridgehead atoms. The Kier molecular flexibility index (Phi) is 10.5. The van der Waals surface area contributed by atoms with E-state index in [1.54, 1.807) is 40.6 Å². The number of ether oxygens (including phenoxy) is 4. The van der Waals surface area contributed by atoms with E-state index in [1.807, 2.05) is 30.3 Å². The van der Waals surface area contributed by atoms with Crippen LogP contribution in [0.1, 0.15) is 12.0 Å². The Morgan fingerprint density at radius 2 is 1.48 bits per heavy atom. The molecule has 3 rings (SSSR count). The number of piperazine rings is 1. The molecule has 0 atom stereocenters. The summed E-state index contributed by atoms with van der Waals surface area (Å²) >= 11 is 0. The van der Waals surface area contributed by atoms with Crippen molar-refractivity contribution in [2.45, 2.75) is 6.42 Å². The van der Waals surface area contributed by atoms with Gasteiger partial charge in [0.15, 0.2) is 17.3 Å². The number of carbonyl (C=O) groups is 1. The van der Waals surface area contributed by atoms with Crippen LogP contribution in [0.15, 0.2) is 42.5 Å². The zero-order valence-corrected chi connectivity index (χ0v) is 21.4. The number of hydrogen-bond donors (Lipinski definition) is 0. The predicted octanol–water partition coefficient (Wildman–Crippen LogP) is 4.09. The van der Waals surface area contributed by atoms with Crippen LogP contribution < -0.4 is 23.8 Å². The smallest absolute Gasteiger partial charge is 0.203 e. The molecular weight excluding hydrogens is 488 g/mol. The lowest BCUT2D eigenvalue weighted by Gasteiger charge is -2.36. The third-order valence-electron chi connectivity index (χ3n) is 5.62. The predicted molar refractivity (Wildman–Crippen MR) is 137 cm³/mol. The van der Waals surface area contributed by atoms with E-state index in [0.29, 0.717) is 23.7 Å². The Bertz CT molecular complexity index is 917. The molecule has 2 aromatic carbocycles. The van der Waals surface area contributed by atoms with Crippen LogP contribution >= 0.6 is 17.0 Å². The summed E-state index contributed by atoms with van der Waals surface area (Å²) in [4.78, 5) is 17.1. The summed E-state index contributed by atoms with van der Waals surface area (Å²) < 4.78 is 21.5. The van der Waals surface area contributed by atoms with E-state index in [-0.39, 0.29) is 22.8 Å². The molecule has 1 fully saturated rings. The Balaban J connectivity index is 0.00000385. The second kappa shape index (κ2) is 13.1. The van der Waals surface area contributed by atoms with Crippen molar-refractivity contribution in [1.82, 2.24) is 4.90 Å². The van der Waals surface area contributed by atoms with Gasteiger partial charge in [0, 0.05) is 39.1 Å². The third kappa shape index (κ3) is 6.88. The van der Waals surface area contributed by atoms with Crippen LogP contribution in [0.3, 0.4) is 0 Å². The van der Waals surface area contributed by atoms with Crippen molar-refractivity contribution in [3.8, 4) is 23.0 Å². The SMILES string of the molecule is Br.COc1ccccc1N1CCN(CCC(=O)/C=C/c2cc(OC)c(OC)c(OC)c2)CC1. The largest absolute Gasteiger partial charge is 0.495 e. The Hall–Kier alpha value is -2.71. The maximum Gasteiger partial charge on any atom is 0.203 e. The fourth-order valence-corrected chi connectivity index (χ4v) is 3.84. The van der Waals surface area contributed by atoms with Gasteiger partial charge in [-0.1, -0.05) is 18.2 Å². The molecule has 0 amide bonds. The van der Waals surface area contributed by atoms with E-state index in [2.05, 4.69) is 15.9 Å². The summed E-state index contributed by atoms with van der Waals surface area (Å²) in [5, 5.41) is 0. The van der Waals surface area contributed by atoms with Gasteiger partial charge in [0.25, 0.3) is 0 Å². The van der Waals surface area contributed by atoms with Gasteiger partial charge in [-0.05, 0) is 35.9 Å². The second-order valence-corrected chi connectivity index (χ2v) is 7.51. The summed E-state index contributed by atoms with van der Waals surface area (Å²) in [7, 11) is 6.41. The molecule has 1 aliphatic heterocycles. The van der Waals surface area contributed by atoms with Gasteiger partial charge in [-0.3, -0.25) is 9.69 Å². The van der Waals surface area contributed by atoms with Crippen LogP contribution in [-0.4, -0.2) is 71.8 Å². The van der Waals surface area contributed by atoms with Crippen molar-refractivity contribution in [2.75, 3.05) is 66.1 Å². The first-order chi connectivity index (χ1) is 15.6. The van der Waals surface area contributed by atoms with Crippen LogP contribution in [0.25, 0.3) is 6.08 Å². The van der Waals surface area contributed by atoms with E-state index < -0.39 is 0 Å². The minimum Gasteiger partial charge on any atom is -0.495 e. The molecule has 0 aromatic heterocycles. The molecule has 1 aliphatic rings. The molecule has 0 spiro atoms. The van der Waals surface area contributed by atoms with Crippen molar-refractivity contribution >= 4 is 34.5 Å². The maximum atomic E-state index is 12.4. The standard InChI is InChI=1S/C25H32N2O5.BrH/c1-29-22-8-6-5-7-21(22)27-15-13-26(14-16-27)12-11-20(28)10-9-19-17-23(30-2)25(32-4)24(18-19)31-3;/h5-10,17-18H,11-16H2,1-4H3;1H/b10-9+;. The zero-order valence-electron chi connectivity index (χ0n) is 19.7. The molecule has 8 heteroatoms. The van der Waals surface area contributed by atoms with Crippen LogP contribution in [0.4, 0.5) is 5.69 Å². The first-order valence-electron chi connectivity index (χ1n) is 10.7. The highest BCUT2D eigenvalue weighted by Gasteiger charge is 2.19. The Morgan fingerprint density at radius 3 is 2.06 bits per heavy atom.